The quantitative estimate of drug-likeness (QED) is 0.0373. The zero-order chi connectivity index (χ0) is 70.1. The molecule has 6 aromatic carbocycles. The first kappa shape index (κ1) is 71.9. The largest absolute Gasteiger partial charge is 0.465 e. The molecule has 528 valence electrons. The van der Waals surface area contributed by atoms with Crippen molar-refractivity contribution in [3.8, 4) is 11.1 Å². The van der Waals surface area contributed by atoms with Crippen molar-refractivity contribution in [1.29, 1.82) is 0 Å². The number of para-hydroxylation sites is 1. The van der Waals surface area contributed by atoms with Crippen molar-refractivity contribution in [3.05, 3.63) is 190 Å². The number of alkyl halides is 6. The molecule has 3 saturated heterocycles. The van der Waals surface area contributed by atoms with Gasteiger partial charge in [-0.2, -0.15) is 26.3 Å². The molecule has 1 spiro atoms. The predicted molar refractivity (Wildman–Crippen MR) is 363 cm³/mol. The standard InChI is InChI=1S/C76H87F7N8O8/c1-85(37-13-38-90(62-29-30-62)71(95)54-21-27-61(28-22-54)84-36-12-4-7-20-68(92)86(2)44-45-87-39-31-63(32-40-87)91(72(96)97)66-19-11-9-17-64(66)53-14-5-3-6-15-53)69(93)50-98-67-48-55-16-8-10-18-65(55)73(67)33-41-88(42-34-73)43-35-74(57-23-25-60(77)26-24-57)51-89(52-99-74)70(94)56-46-58(75(78,79)80)49-59(47-56)76(81,82)83/h3,5-6,8-11,14-19,21-28,46-47,49,62-63,67,84H,4,7,12-13,20,29-45,48,50-52H2,1-2H3,(H,96,97)/t67-,74-/m0/s1. The number of rotatable bonds is 27. The smallest absolute Gasteiger partial charge is 0.416 e. The van der Waals surface area contributed by atoms with E-state index in [2.05, 4.69) is 27.2 Å². The topological polar surface area (TPSA) is 159 Å². The van der Waals surface area contributed by atoms with E-state index in [4.69, 9.17) is 9.47 Å². The van der Waals surface area contributed by atoms with E-state index in [9.17, 15) is 59.8 Å². The Labute approximate surface area is 573 Å². The van der Waals surface area contributed by atoms with Gasteiger partial charge < -0.3 is 49.3 Å². The third-order valence-corrected chi connectivity index (χ3v) is 20.6. The van der Waals surface area contributed by atoms with Crippen molar-refractivity contribution in [3.63, 3.8) is 0 Å². The molecule has 3 heterocycles. The number of fused-ring (bicyclic) bond motifs is 2. The van der Waals surface area contributed by atoms with Crippen molar-refractivity contribution in [2.45, 2.75) is 125 Å². The van der Waals surface area contributed by atoms with Crippen molar-refractivity contribution >= 4 is 41.1 Å². The average molecular weight is 1370 g/mol. The van der Waals surface area contributed by atoms with E-state index in [1.807, 2.05) is 103 Å². The number of likely N-dealkylation sites (N-methyl/N-ethyl adjacent to an activating group) is 2. The first-order valence-corrected chi connectivity index (χ1v) is 34.4. The van der Waals surface area contributed by atoms with Crippen LogP contribution in [0, 0.1) is 5.82 Å². The lowest BCUT2D eigenvalue weighted by molar-refractivity contribution is -0.143. The van der Waals surface area contributed by atoms with Gasteiger partial charge >= 0.3 is 18.4 Å². The number of piperidine rings is 2. The Morgan fingerprint density at radius 1 is 0.657 bits per heavy atom. The van der Waals surface area contributed by atoms with E-state index >= 15 is 0 Å². The fourth-order valence-corrected chi connectivity index (χ4v) is 14.7. The molecule has 5 amide bonds. The maximum absolute atomic E-state index is 14.3. The number of carboxylic acid groups (broad SMARTS) is 1. The van der Waals surface area contributed by atoms with Crippen LogP contribution in [0.1, 0.15) is 126 Å². The summed E-state index contributed by atoms with van der Waals surface area (Å²) in [4.78, 5) is 79.8. The molecule has 0 aromatic heterocycles. The number of benzene rings is 6. The van der Waals surface area contributed by atoms with E-state index in [-0.39, 0.29) is 61.5 Å². The number of anilines is 2. The minimum atomic E-state index is -5.15. The zero-order valence-electron chi connectivity index (χ0n) is 56.1. The lowest BCUT2D eigenvalue weighted by Crippen LogP contribution is -2.50. The van der Waals surface area contributed by atoms with E-state index in [1.165, 1.54) is 34.7 Å². The van der Waals surface area contributed by atoms with Crippen LogP contribution < -0.4 is 10.2 Å². The van der Waals surface area contributed by atoms with Gasteiger partial charge in [0.25, 0.3) is 11.8 Å². The van der Waals surface area contributed by atoms with Crippen LogP contribution in [0.25, 0.3) is 11.1 Å². The summed E-state index contributed by atoms with van der Waals surface area (Å²) >= 11 is 0. The highest BCUT2D eigenvalue weighted by molar-refractivity contribution is 5.96. The van der Waals surface area contributed by atoms with Crippen LogP contribution in [-0.2, 0) is 48.9 Å². The molecule has 0 radical (unpaired) electrons. The summed E-state index contributed by atoms with van der Waals surface area (Å²) in [6.07, 6.45) is -2.54. The summed E-state index contributed by atoms with van der Waals surface area (Å²) in [6, 6.07) is 39.4. The fourth-order valence-electron chi connectivity index (χ4n) is 14.7. The molecule has 99 heavy (non-hydrogen) atoms. The van der Waals surface area contributed by atoms with Crippen LogP contribution in [0.5, 0.6) is 0 Å². The van der Waals surface area contributed by atoms with Gasteiger partial charge in [-0.15, -0.1) is 0 Å². The Hall–Kier alpha value is -8.38. The van der Waals surface area contributed by atoms with Gasteiger partial charge in [-0.25, -0.2) is 9.18 Å². The molecule has 0 unspecified atom stereocenters. The van der Waals surface area contributed by atoms with Gasteiger partial charge in [0.1, 0.15) is 24.8 Å². The summed E-state index contributed by atoms with van der Waals surface area (Å²) in [5.74, 6) is -1.73. The maximum Gasteiger partial charge on any atom is 0.416 e. The van der Waals surface area contributed by atoms with Gasteiger partial charge in [0, 0.05) is 113 Å². The summed E-state index contributed by atoms with van der Waals surface area (Å²) in [5, 5.41) is 13.8. The lowest BCUT2D eigenvalue weighted by Gasteiger charge is -2.44. The molecule has 2 N–H and O–H groups in total. The van der Waals surface area contributed by atoms with Gasteiger partial charge in [0.2, 0.25) is 11.8 Å². The molecule has 16 nitrogen and oxygen atoms in total. The minimum Gasteiger partial charge on any atom is -0.465 e. The van der Waals surface area contributed by atoms with Crippen molar-refractivity contribution in [2.75, 3.05) is 110 Å². The number of unbranched alkanes of at least 4 members (excludes halogenated alkanes) is 2. The third kappa shape index (κ3) is 17.4. The monoisotopic (exact) mass is 1370 g/mol. The second-order valence-corrected chi connectivity index (χ2v) is 27.1. The molecule has 2 atom stereocenters. The maximum atomic E-state index is 14.3. The molecule has 4 fully saturated rings. The normalized spacial score (nSPS) is 18.8. The number of hydrogen-bond acceptors (Lipinski definition) is 10. The molecule has 2 aliphatic carbocycles. The van der Waals surface area contributed by atoms with Gasteiger partial charge in [0.15, 0.2) is 0 Å². The number of likely N-dealkylation sites (tertiary alicyclic amines) is 2. The first-order valence-electron chi connectivity index (χ1n) is 34.4. The number of carbonyl (C=O) groups is 5. The van der Waals surface area contributed by atoms with E-state index in [1.54, 1.807) is 16.8 Å². The summed E-state index contributed by atoms with van der Waals surface area (Å²) < 4.78 is 110. The van der Waals surface area contributed by atoms with Crippen LogP contribution in [-0.4, -0.2) is 182 Å². The van der Waals surface area contributed by atoms with E-state index < -0.39 is 64.6 Å². The number of ether oxygens (including phenoxy) is 2. The van der Waals surface area contributed by atoms with Crippen molar-refractivity contribution in [1.82, 2.24) is 29.4 Å². The van der Waals surface area contributed by atoms with Crippen LogP contribution in [0.4, 0.5) is 46.9 Å². The Morgan fingerprint density at radius 3 is 1.98 bits per heavy atom. The Morgan fingerprint density at radius 2 is 1.30 bits per heavy atom. The number of carbonyl (C=O) groups excluding carboxylic acids is 4. The molecular weight excluding hydrogens is 1290 g/mol. The molecule has 3 aliphatic heterocycles. The predicted octanol–water partition coefficient (Wildman–Crippen LogP) is 13.5. The Kier molecular flexibility index (Phi) is 22.8. The Balaban J connectivity index is 0.589. The van der Waals surface area contributed by atoms with Gasteiger partial charge in [-0.1, -0.05) is 91.3 Å². The molecule has 1 saturated carbocycles. The lowest BCUT2D eigenvalue weighted by atomic mass is 9.72. The number of nitrogens with one attached hydrogen (secondary N) is 1. The first-order chi connectivity index (χ1) is 47.5. The second-order valence-electron chi connectivity index (χ2n) is 27.1. The van der Waals surface area contributed by atoms with Crippen molar-refractivity contribution < 1.29 is 69.3 Å². The van der Waals surface area contributed by atoms with Crippen LogP contribution >= 0.6 is 0 Å². The molecule has 11 rings (SSSR count). The average Bonchev–Trinajstić information content (AvgIpc) is 1.62. The van der Waals surface area contributed by atoms with Crippen LogP contribution in [0.15, 0.2) is 146 Å². The highest BCUT2D eigenvalue weighted by Crippen LogP contribution is 2.49. The molecule has 0 bridgehead atoms. The van der Waals surface area contributed by atoms with E-state index in [0.717, 1.165) is 79.0 Å². The van der Waals surface area contributed by atoms with Crippen molar-refractivity contribution in [2.24, 2.45) is 0 Å². The van der Waals surface area contributed by atoms with Crippen LogP contribution in [0.3, 0.4) is 0 Å². The highest BCUT2D eigenvalue weighted by atomic mass is 19.4. The van der Waals surface area contributed by atoms with Crippen LogP contribution in [0.2, 0.25) is 0 Å². The van der Waals surface area contributed by atoms with Gasteiger partial charge in [-0.3, -0.25) is 24.1 Å². The van der Waals surface area contributed by atoms with Gasteiger partial charge in [-0.05, 0) is 167 Å². The SMILES string of the molecule is CN(CCN1CCC(N(C(=O)O)c2ccccc2-c2ccccc2)CC1)C(=O)CCCCCNc1ccc(C(=O)N(CCCN(C)C(=O)CO[C@H]2Cc3ccccc3C23CCN(CC[C@@]2(c4ccc(F)cc4)CN(C(=O)c4cc(C(F)(F)F)cc(C(F)(F)F)c4)CO2)CC3)C2CC2)cc1. The summed E-state index contributed by atoms with van der Waals surface area (Å²) in [6.45, 7) is 5.30. The molecule has 6 aromatic rings. The molecular formula is C76H87F7N8O8. The number of halogens is 7. The fraction of sp³-hybridized carbons (Fsp3) is 0.461. The molecule has 5 aliphatic rings. The summed E-state index contributed by atoms with van der Waals surface area (Å²) in [7, 11) is 3.59. The highest BCUT2D eigenvalue weighted by Gasteiger charge is 2.51. The third-order valence-electron chi connectivity index (χ3n) is 20.6. The van der Waals surface area contributed by atoms with Gasteiger partial charge in [0.05, 0.1) is 29.5 Å². The summed E-state index contributed by atoms with van der Waals surface area (Å²) in [5.41, 5.74) is 1.17. The minimum absolute atomic E-state index is 0.0266. The van der Waals surface area contributed by atoms with E-state index in [0.29, 0.717) is 120 Å². The Bertz CT molecular complexity index is 3740. The number of amides is 5. The zero-order valence-corrected chi connectivity index (χ0v) is 56.1. The number of nitrogens with zero attached hydrogens (tertiary/aromatic N) is 7. The molecule has 23 heteroatoms. The second kappa shape index (κ2) is 31.4. The number of hydrogen-bond donors (Lipinski definition) is 2.